The normalized spacial score (nSPS) is 14.5. The fraction of sp³-hybridized carbons (Fsp3) is 0.348. The summed E-state index contributed by atoms with van der Waals surface area (Å²) in [4.78, 5) is 55.6. The average Bonchev–Trinajstić information content (AvgIpc) is 3.76. The zero-order valence-corrected chi connectivity index (χ0v) is 38.9. The maximum atomic E-state index is 12.9. The molecule has 9 rings (SSSR count). The third kappa shape index (κ3) is 13.2. The summed E-state index contributed by atoms with van der Waals surface area (Å²) >= 11 is 3.20. The number of nitrogens with two attached hydrogens (primary N) is 2. The zero-order chi connectivity index (χ0) is 43.6. The van der Waals surface area contributed by atoms with Crippen LogP contribution in [0.15, 0.2) is 76.5 Å². The molecule has 2 saturated heterocycles. The molecule has 0 aliphatic carbocycles. The fourth-order valence-electron chi connectivity index (χ4n) is 7.58. The predicted octanol–water partition coefficient (Wildman–Crippen LogP) is 4.13. The Morgan fingerprint density at radius 1 is 0.797 bits per heavy atom. The monoisotopic (exact) mass is 919 g/mol. The van der Waals surface area contributed by atoms with Crippen molar-refractivity contribution in [1.29, 1.82) is 0 Å². The van der Waals surface area contributed by atoms with Gasteiger partial charge >= 0.3 is 24.8 Å². The summed E-state index contributed by atoms with van der Waals surface area (Å²) in [5, 5.41) is 15.3. The van der Waals surface area contributed by atoms with Gasteiger partial charge in [0.15, 0.2) is 5.82 Å². The van der Waals surface area contributed by atoms with E-state index in [2.05, 4.69) is 36.9 Å². The molecule has 2 aliphatic rings. The second-order valence-corrected chi connectivity index (χ2v) is 17.3. The number of carboxylic acids is 1. The molecule has 7 aromatic rings. The van der Waals surface area contributed by atoms with Crippen LogP contribution in [0.25, 0.3) is 42.6 Å². The van der Waals surface area contributed by atoms with Gasteiger partial charge in [-0.05, 0) is 120 Å². The number of anilines is 1. The van der Waals surface area contributed by atoms with Crippen LogP contribution in [0.4, 0.5) is 5.69 Å². The number of nitrogens with one attached hydrogen (secondary N) is 1. The first-order chi connectivity index (χ1) is 30.0. The van der Waals surface area contributed by atoms with Gasteiger partial charge in [-0.25, -0.2) is 14.8 Å². The first kappa shape index (κ1) is 50.3. The number of H-pyrrole nitrogens is 1. The van der Waals surface area contributed by atoms with Crippen LogP contribution in [-0.2, 0) is 22.3 Å². The van der Waals surface area contributed by atoms with Crippen LogP contribution < -0.4 is 35.9 Å². The number of ether oxygens (including phenoxy) is 2. The number of pyridine rings is 2. The number of thiophene rings is 2. The molecule has 64 heavy (non-hydrogen) atoms. The summed E-state index contributed by atoms with van der Waals surface area (Å²) in [5.41, 5.74) is 17.8. The van der Waals surface area contributed by atoms with Crippen LogP contribution >= 0.6 is 35.1 Å². The van der Waals surface area contributed by atoms with Crippen LogP contribution in [0.2, 0.25) is 0 Å². The molecule has 0 saturated carbocycles. The number of rotatable bonds is 9. The maximum absolute atomic E-state index is 12.9. The summed E-state index contributed by atoms with van der Waals surface area (Å²) < 4.78 is 13.1. The van der Waals surface area contributed by atoms with Crippen molar-refractivity contribution in [2.45, 2.75) is 39.5 Å². The van der Waals surface area contributed by atoms with E-state index in [4.69, 9.17) is 31.0 Å². The number of nitrogens with zero attached hydrogens (tertiary/aromatic N) is 5. The molecule has 7 heterocycles. The second-order valence-electron chi connectivity index (χ2n) is 15.4. The number of carboxylic acid groups (broad SMARTS) is 1. The zero-order valence-electron chi connectivity index (χ0n) is 36.4. The molecule has 332 valence electrons. The van der Waals surface area contributed by atoms with E-state index in [0.29, 0.717) is 28.2 Å². The molecular formula is C46H53ClLiN8O6S2+. The van der Waals surface area contributed by atoms with E-state index in [-0.39, 0.29) is 42.5 Å². The largest absolute Gasteiger partial charge is 1.00 e. The van der Waals surface area contributed by atoms with E-state index in [1.54, 1.807) is 34.9 Å². The van der Waals surface area contributed by atoms with Crippen molar-refractivity contribution in [3.8, 4) is 11.5 Å². The van der Waals surface area contributed by atoms with Crippen molar-refractivity contribution in [3.63, 3.8) is 0 Å². The van der Waals surface area contributed by atoms with Gasteiger partial charge in [0, 0.05) is 70.6 Å². The molecule has 5 aromatic heterocycles. The van der Waals surface area contributed by atoms with Crippen molar-refractivity contribution >= 4 is 83.7 Å². The number of hydrogen-bond donors (Lipinski definition) is 4. The van der Waals surface area contributed by atoms with Crippen molar-refractivity contribution in [2.75, 3.05) is 71.4 Å². The van der Waals surface area contributed by atoms with Crippen LogP contribution in [0.1, 0.15) is 55.9 Å². The summed E-state index contributed by atoms with van der Waals surface area (Å²) in [7, 11) is 0. The van der Waals surface area contributed by atoms with Crippen molar-refractivity contribution in [2.24, 2.45) is 5.73 Å². The Morgan fingerprint density at radius 3 is 1.98 bits per heavy atom. The van der Waals surface area contributed by atoms with E-state index in [0.717, 1.165) is 134 Å². The molecule has 6 N–H and O–H groups in total. The summed E-state index contributed by atoms with van der Waals surface area (Å²) in [6.07, 6.45) is 7.38. The topological polar surface area (TPSA) is 203 Å². The molecule has 0 radical (unpaired) electrons. The summed E-state index contributed by atoms with van der Waals surface area (Å²) in [5.74, 6) is -0.931. The number of primary amides is 1. The number of hydrogen-bond acceptors (Lipinski definition) is 13. The van der Waals surface area contributed by atoms with E-state index in [1.807, 2.05) is 61.1 Å². The average molecular weight is 921 g/mol. The molecule has 0 atom stereocenters. The smallest absolute Gasteiger partial charge is 0.477 e. The minimum absolute atomic E-state index is 0. The van der Waals surface area contributed by atoms with Gasteiger partial charge in [0.1, 0.15) is 11.4 Å². The number of fused-ring (bicyclic) bond motifs is 3. The third-order valence-electron chi connectivity index (χ3n) is 11.0. The number of amides is 1. The Hall–Kier alpha value is -4.73. The molecule has 0 bridgehead atoms. The van der Waals surface area contributed by atoms with Gasteiger partial charge < -0.3 is 40.8 Å². The van der Waals surface area contributed by atoms with Gasteiger partial charge in [0.05, 0.1) is 39.1 Å². The number of carbonyl (C=O) groups is 2. The Bertz CT molecular complexity index is 2730. The summed E-state index contributed by atoms with van der Waals surface area (Å²) in [6.45, 7) is 13.2. The number of aromatic carboxylic acids is 1. The number of benzene rings is 2. The third-order valence-corrected chi connectivity index (χ3v) is 12.7. The van der Waals surface area contributed by atoms with Gasteiger partial charge in [-0.3, -0.25) is 14.6 Å². The van der Waals surface area contributed by atoms with Crippen molar-refractivity contribution in [3.05, 3.63) is 116 Å². The van der Waals surface area contributed by atoms with E-state index in [1.165, 1.54) is 5.56 Å². The first-order valence-corrected chi connectivity index (χ1v) is 22.5. The number of carbonyl (C=O) groups excluding carboxylic acids is 1. The van der Waals surface area contributed by atoms with Crippen LogP contribution in [0.3, 0.4) is 0 Å². The van der Waals surface area contributed by atoms with Gasteiger partial charge in [0.25, 0.3) is 11.5 Å². The minimum atomic E-state index is -0.983. The van der Waals surface area contributed by atoms with Crippen molar-refractivity contribution < 1.29 is 43.0 Å². The molecule has 0 spiro atoms. The summed E-state index contributed by atoms with van der Waals surface area (Å²) in [6, 6.07) is 15.5. The van der Waals surface area contributed by atoms with Gasteiger partial charge in [0.2, 0.25) is 0 Å². The van der Waals surface area contributed by atoms with Crippen LogP contribution in [0, 0.1) is 13.8 Å². The van der Waals surface area contributed by atoms with E-state index < -0.39 is 11.9 Å². The van der Waals surface area contributed by atoms with Gasteiger partial charge in [-0.1, -0.05) is 12.1 Å². The number of nitrogen functional groups attached to an aromatic ring is 1. The molecule has 14 nitrogen and oxygen atoms in total. The number of aromatic amines is 1. The van der Waals surface area contributed by atoms with Crippen molar-refractivity contribution in [1.82, 2.24) is 29.7 Å². The molecule has 18 heteroatoms. The Labute approximate surface area is 398 Å². The van der Waals surface area contributed by atoms with Gasteiger partial charge in [-0.15, -0.1) is 35.1 Å². The fourth-order valence-corrected chi connectivity index (χ4v) is 9.05. The number of aromatic nitrogens is 4. The van der Waals surface area contributed by atoms with Crippen LogP contribution in [-0.4, -0.2) is 112 Å². The van der Waals surface area contributed by atoms with Gasteiger partial charge in [-0.2, -0.15) is 0 Å². The molecule has 2 fully saturated rings. The molecule has 2 aliphatic heterocycles. The molecular weight excluding hydrogens is 867 g/mol. The minimum Gasteiger partial charge on any atom is -0.477 e. The predicted molar refractivity (Wildman–Crippen MR) is 255 cm³/mol. The maximum Gasteiger partial charge on any atom is 1.00 e. The Morgan fingerprint density at radius 2 is 1.38 bits per heavy atom. The Kier molecular flexibility index (Phi) is 18.8. The molecule has 1 amide bonds. The Balaban J connectivity index is 0.000000196. The second kappa shape index (κ2) is 24.0. The standard InChI is InChI=1S/C23H24N4O2S.C15H23N3O2.C8H5NO2S.ClH.Li/c1-15-11-16(3-6-27-5-2-8-29-9-7-27)12-18-21(15)25-22(26-23(18)28)19-13-17-4-10-30-20(17)14-24-19;1-11-9-12(10-13(14(11)16)15(17)19)3-5-18-4-2-7-20-8-6-18;10-8(11)6-3-5-1-2-12-7(5)4-9-6;;/h4,10-14H,2-3,5-9H2,1H3,(H,25,26,28);9-10H,2-8,16H2,1H3,(H2,17,19);1-4H,(H,10,11);1H;/q;;;;+1. The van der Waals surface area contributed by atoms with E-state index >= 15 is 0 Å². The van der Waals surface area contributed by atoms with E-state index in [9.17, 15) is 14.4 Å². The van der Waals surface area contributed by atoms with Crippen LogP contribution in [0.5, 0.6) is 0 Å². The number of aryl methyl sites for hydroxylation is 2. The quantitative estimate of drug-likeness (QED) is 0.119. The first-order valence-electron chi connectivity index (χ1n) is 20.7. The molecule has 2 aromatic carbocycles. The molecule has 0 unspecified atom stereocenters. The number of halogens is 1. The SMILES string of the molecule is Cc1cc(CCN2CCCOCC2)cc(C(N)=O)c1N.Cc1cc(CCN2CCCOCC2)cc2c(=O)[nH]c(-c3cc4ccsc4cn3)nc12.Cl.O=C(O)c1cc2ccsc2cn1.[Li+].